The summed E-state index contributed by atoms with van der Waals surface area (Å²) < 4.78 is 10.4. The molecule has 6 nitrogen and oxygen atoms in total. The highest BCUT2D eigenvalue weighted by Gasteiger charge is 2.25. The smallest absolute Gasteiger partial charge is 0.348 e. The number of aromatic nitrogens is 2. The zero-order valence-corrected chi connectivity index (χ0v) is 24.3. The molecule has 1 aliphatic heterocycles. The fraction of sp³-hybridized carbons (Fsp3) is 0.208. The first kappa shape index (κ1) is 27.0. The Labute approximate surface area is 235 Å². The minimum Gasteiger partial charge on any atom is -1.00 e. The molecule has 0 aliphatic carbocycles. The van der Waals surface area contributed by atoms with Gasteiger partial charge in [0.05, 0.1) is 24.3 Å². The van der Waals surface area contributed by atoms with Gasteiger partial charge in [0.15, 0.2) is 12.7 Å². The quantitative estimate of drug-likeness (QED) is 0.253. The first-order valence-corrected chi connectivity index (χ1v) is 14.5. The van der Waals surface area contributed by atoms with E-state index in [0.717, 1.165) is 30.8 Å². The van der Waals surface area contributed by atoms with Gasteiger partial charge < -0.3 is 22.0 Å². The van der Waals surface area contributed by atoms with E-state index in [-0.39, 0.29) is 23.9 Å². The second-order valence-corrected chi connectivity index (χ2v) is 12.0. The van der Waals surface area contributed by atoms with E-state index in [0.29, 0.717) is 27.5 Å². The summed E-state index contributed by atoms with van der Waals surface area (Å²) in [6, 6.07) is 7.74. The number of carbonyl (C=O) groups excluding carboxylic acids is 1. The Morgan fingerprint density at radius 1 is 1.22 bits per heavy atom. The van der Waals surface area contributed by atoms with Crippen LogP contribution in [0, 0.1) is 0 Å². The van der Waals surface area contributed by atoms with Crippen molar-refractivity contribution in [2.75, 3.05) is 19.1 Å². The molecule has 3 aromatic heterocycles. The fourth-order valence-corrected chi connectivity index (χ4v) is 8.17. The predicted molar refractivity (Wildman–Crippen MR) is 145 cm³/mol. The molecule has 1 aromatic carbocycles. The molecule has 0 radical (unpaired) electrons. The van der Waals surface area contributed by atoms with Crippen molar-refractivity contribution in [2.45, 2.75) is 24.9 Å². The molecule has 4 heterocycles. The summed E-state index contributed by atoms with van der Waals surface area (Å²) in [4.78, 5) is 29.2. The van der Waals surface area contributed by atoms with Gasteiger partial charge in [0.25, 0.3) is 10.6 Å². The second kappa shape index (κ2) is 11.1. The molecule has 4 aromatic rings. The summed E-state index contributed by atoms with van der Waals surface area (Å²) in [6.45, 7) is 3.10. The van der Waals surface area contributed by atoms with E-state index in [2.05, 4.69) is 10.6 Å². The van der Waals surface area contributed by atoms with Crippen molar-refractivity contribution in [2.24, 2.45) is 0 Å². The monoisotopic (exact) mass is 597 g/mol. The highest BCUT2D eigenvalue weighted by molar-refractivity contribution is 8.08. The Balaban J connectivity index is 0.00000304. The standard InChI is InChI=1S/C24H21ClN3O3S4.ClH/c1-4-28-19(12-18-27(8-10-32-18)13-14-7-9-33-20(14)24(30)31-3)35-21(22(28)29)23-26(2)16-11-15(25)5-6-17(16)34-23;/h5-12H,4,13H2,1-3H3;1H/q+1;/p-1/b23-21+;. The minimum absolute atomic E-state index is 0. The summed E-state index contributed by atoms with van der Waals surface area (Å²) in [5, 5.41) is 6.49. The molecule has 0 saturated heterocycles. The molecule has 0 N–H and O–H groups in total. The van der Waals surface area contributed by atoms with Crippen molar-refractivity contribution in [1.82, 2.24) is 4.57 Å². The zero-order valence-electron chi connectivity index (χ0n) is 19.5. The SMILES string of the molecule is CCn1c(=O)/c(=C2\Sc3ccc(Cl)cc3N2C)s/c1=C\c1scc[n+]1Cc1ccsc1C(=O)OC.[Cl-]. The van der Waals surface area contributed by atoms with Crippen LogP contribution in [-0.4, -0.2) is 24.7 Å². The molecule has 0 amide bonds. The third-order valence-electron chi connectivity index (χ3n) is 5.63. The lowest BCUT2D eigenvalue weighted by molar-refractivity contribution is -0.685. The van der Waals surface area contributed by atoms with Crippen LogP contribution < -0.4 is 36.6 Å². The summed E-state index contributed by atoms with van der Waals surface area (Å²) in [6.07, 6.45) is 4.05. The van der Waals surface area contributed by atoms with Crippen LogP contribution in [0.3, 0.4) is 0 Å². The maximum atomic E-state index is 13.4. The molecule has 0 saturated carbocycles. The summed E-state index contributed by atoms with van der Waals surface area (Å²) in [5.41, 5.74) is 1.92. The van der Waals surface area contributed by atoms with Crippen LogP contribution in [0.4, 0.5) is 5.69 Å². The summed E-state index contributed by atoms with van der Waals surface area (Å²) in [7, 11) is 3.36. The van der Waals surface area contributed by atoms with E-state index in [1.165, 1.54) is 29.8 Å². The number of halogens is 2. The Morgan fingerprint density at radius 3 is 2.78 bits per heavy atom. The topological polar surface area (TPSA) is 55.4 Å². The number of thiazole rings is 2. The molecule has 188 valence electrons. The van der Waals surface area contributed by atoms with Gasteiger partial charge in [-0.3, -0.25) is 9.36 Å². The average molecular weight is 599 g/mol. The van der Waals surface area contributed by atoms with E-state index in [4.69, 9.17) is 16.3 Å². The van der Waals surface area contributed by atoms with Gasteiger partial charge in [0.2, 0.25) is 0 Å². The molecule has 5 rings (SSSR count). The number of hydrogen-bond donors (Lipinski definition) is 0. The number of thiophene rings is 1. The Bertz CT molecular complexity index is 1620. The number of esters is 1. The van der Waals surface area contributed by atoms with E-state index in [1.807, 2.05) is 64.7 Å². The third-order valence-corrected chi connectivity index (χ3v) is 10.1. The van der Waals surface area contributed by atoms with Gasteiger partial charge >= 0.3 is 5.97 Å². The van der Waals surface area contributed by atoms with Gasteiger partial charge in [0.1, 0.15) is 19.1 Å². The van der Waals surface area contributed by atoms with E-state index in [1.54, 1.807) is 23.1 Å². The van der Waals surface area contributed by atoms with Crippen LogP contribution in [0.2, 0.25) is 5.02 Å². The number of fused-ring (bicyclic) bond motifs is 1. The molecule has 0 atom stereocenters. The molecular formula is C24H21Cl2N3O3S4. The number of nitrogens with zero attached hydrogens (tertiary/aromatic N) is 3. The average Bonchev–Trinajstić information content (AvgIpc) is 3.62. The molecule has 0 bridgehead atoms. The normalized spacial score (nSPS) is 14.7. The third kappa shape index (κ3) is 4.90. The number of thioether (sulfide) groups is 1. The first-order valence-electron chi connectivity index (χ1n) is 10.7. The fourth-order valence-electron chi connectivity index (χ4n) is 3.87. The lowest BCUT2D eigenvalue weighted by Crippen LogP contribution is -3.00. The zero-order chi connectivity index (χ0) is 24.7. The molecular weight excluding hydrogens is 577 g/mol. The van der Waals surface area contributed by atoms with Crippen molar-refractivity contribution >= 4 is 80.1 Å². The first-order chi connectivity index (χ1) is 16.9. The van der Waals surface area contributed by atoms with Gasteiger partial charge in [-0.25, -0.2) is 4.79 Å². The van der Waals surface area contributed by atoms with E-state index in [9.17, 15) is 9.59 Å². The molecule has 12 heteroatoms. The summed E-state index contributed by atoms with van der Waals surface area (Å²) in [5.74, 6) is -0.323. The van der Waals surface area contributed by atoms with Crippen LogP contribution >= 0.6 is 57.4 Å². The van der Waals surface area contributed by atoms with Crippen LogP contribution in [0.25, 0.3) is 11.1 Å². The van der Waals surface area contributed by atoms with Crippen molar-refractivity contribution in [1.29, 1.82) is 0 Å². The second-order valence-electron chi connectivity index (χ2n) is 7.68. The lowest BCUT2D eigenvalue weighted by Gasteiger charge is -2.12. The number of anilines is 1. The number of benzene rings is 1. The van der Waals surface area contributed by atoms with Crippen molar-refractivity contribution in [3.8, 4) is 0 Å². The maximum absolute atomic E-state index is 13.4. The van der Waals surface area contributed by atoms with Crippen LogP contribution in [0.1, 0.15) is 27.2 Å². The number of hydrogen-bond acceptors (Lipinski definition) is 8. The maximum Gasteiger partial charge on any atom is 0.348 e. The number of methoxy groups -OCH3 is 1. The van der Waals surface area contributed by atoms with Gasteiger partial charge in [-0.15, -0.1) is 22.7 Å². The van der Waals surface area contributed by atoms with Crippen LogP contribution in [0.5, 0.6) is 0 Å². The Morgan fingerprint density at radius 2 is 2.03 bits per heavy atom. The van der Waals surface area contributed by atoms with Crippen molar-refractivity contribution in [3.63, 3.8) is 0 Å². The van der Waals surface area contributed by atoms with Gasteiger partial charge in [-0.05, 0) is 36.6 Å². The van der Waals surface area contributed by atoms with Crippen LogP contribution in [0.15, 0.2) is 50.9 Å². The molecule has 0 fully saturated rings. The highest BCUT2D eigenvalue weighted by atomic mass is 35.5. The molecule has 1 aliphatic rings. The van der Waals surface area contributed by atoms with E-state index < -0.39 is 0 Å². The Kier molecular flexibility index (Phi) is 8.33. The molecule has 36 heavy (non-hydrogen) atoms. The number of ether oxygens (including phenoxy) is 1. The molecule has 0 unspecified atom stereocenters. The Hall–Kier alpha value is -2.08. The number of rotatable bonds is 5. The van der Waals surface area contributed by atoms with Crippen molar-refractivity contribution in [3.05, 3.63) is 81.2 Å². The lowest BCUT2D eigenvalue weighted by atomic mass is 10.2. The van der Waals surface area contributed by atoms with E-state index >= 15 is 0 Å². The van der Waals surface area contributed by atoms with Gasteiger partial charge in [0, 0.05) is 29.1 Å². The largest absolute Gasteiger partial charge is 1.00 e. The molecule has 0 spiro atoms. The predicted octanol–water partition coefficient (Wildman–Crippen LogP) is 0.969. The van der Waals surface area contributed by atoms with Crippen molar-refractivity contribution < 1.29 is 26.5 Å². The van der Waals surface area contributed by atoms with Gasteiger partial charge in [-0.1, -0.05) is 34.7 Å². The van der Waals surface area contributed by atoms with Gasteiger partial charge in [-0.2, -0.15) is 4.57 Å². The number of carbonyl (C=O) groups is 1. The summed E-state index contributed by atoms with van der Waals surface area (Å²) >= 11 is 12.3. The highest BCUT2D eigenvalue weighted by Crippen LogP contribution is 2.46. The minimum atomic E-state index is -0.323. The van der Waals surface area contributed by atoms with Crippen LogP contribution in [-0.2, 0) is 17.8 Å².